The number of hydrogen-bond acceptors (Lipinski definition) is 5. The van der Waals surface area contributed by atoms with E-state index in [1.54, 1.807) is 0 Å². The van der Waals surface area contributed by atoms with Gasteiger partial charge in [0.15, 0.2) is 5.78 Å². The maximum Gasteiger partial charge on any atom is 0.174 e. The van der Waals surface area contributed by atoms with Crippen LogP contribution in [0.1, 0.15) is 21.8 Å². The van der Waals surface area contributed by atoms with E-state index in [4.69, 9.17) is 4.74 Å². The lowest BCUT2D eigenvalue weighted by Crippen LogP contribution is -2.45. The van der Waals surface area contributed by atoms with Crippen molar-refractivity contribution in [3.8, 4) is 0 Å². The van der Waals surface area contributed by atoms with E-state index in [-0.39, 0.29) is 11.8 Å². The predicted molar refractivity (Wildman–Crippen MR) is 93.5 cm³/mol. The summed E-state index contributed by atoms with van der Waals surface area (Å²) in [6.07, 6.45) is 4.56. The molecule has 0 radical (unpaired) electrons. The summed E-state index contributed by atoms with van der Waals surface area (Å²) in [5.41, 5.74) is 1.98. The average Bonchev–Trinajstić information content (AvgIpc) is 3.25. The van der Waals surface area contributed by atoms with E-state index < -0.39 is 0 Å². The molecule has 124 valence electrons. The normalized spacial score (nSPS) is 18.9. The number of aromatic nitrogens is 2. The fourth-order valence-corrected chi connectivity index (χ4v) is 3.78. The van der Waals surface area contributed by atoms with Crippen molar-refractivity contribution < 1.29 is 9.53 Å². The lowest BCUT2D eigenvalue weighted by molar-refractivity contribution is -0.0130. The van der Waals surface area contributed by atoms with Crippen molar-refractivity contribution in [2.24, 2.45) is 0 Å². The minimum atomic E-state index is 0.109. The van der Waals surface area contributed by atoms with Gasteiger partial charge in [0.05, 0.1) is 23.8 Å². The van der Waals surface area contributed by atoms with Gasteiger partial charge in [0.2, 0.25) is 0 Å². The first-order chi connectivity index (χ1) is 11.8. The van der Waals surface area contributed by atoms with Crippen LogP contribution in [0, 0.1) is 0 Å². The quantitative estimate of drug-likeness (QED) is 0.670. The van der Waals surface area contributed by atoms with E-state index in [9.17, 15) is 4.79 Å². The molecule has 5 nitrogen and oxygen atoms in total. The second-order valence-electron chi connectivity index (χ2n) is 6.00. The van der Waals surface area contributed by atoms with Crippen molar-refractivity contribution in [2.45, 2.75) is 19.0 Å². The molecule has 0 aromatic carbocycles. The summed E-state index contributed by atoms with van der Waals surface area (Å²) < 4.78 is 7.64. The number of hydrogen-bond donors (Lipinski definition) is 0. The Morgan fingerprint density at radius 2 is 2.29 bits per heavy atom. The van der Waals surface area contributed by atoms with Gasteiger partial charge in [0, 0.05) is 37.9 Å². The third-order valence-electron chi connectivity index (χ3n) is 4.35. The molecule has 6 heteroatoms. The topological polar surface area (TPSA) is 46.8 Å². The Bertz CT molecular complexity index is 795. The first-order valence-electron chi connectivity index (χ1n) is 8.11. The van der Waals surface area contributed by atoms with Crippen LogP contribution in [0.2, 0.25) is 0 Å². The van der Waals surface area contributed by atoms with Crippen LogP contribution in [0.5, 0.6) is 0 Å². The molecule has 0 amide bonds. The van der Waals surface area contributed by atoms with Crippen LogP contribution in [0.25, 0.3) is 5.65 Å². The highest BCUT2D eigenvalue weighted by Crippen LogP contribution is 2.19. The number of rotatable bonds is 5. The van der Waals surface area contributed by atoms with Gasteiger partial charge in [0.25, 0.3) is 0 Å². The minimum Gasteiger partial charge on any atom is -0.378 e. The van der Waals surface area contributed by atoms with Crippen molar-refractivity contribution in [3.63, 3.8) is 0 Å². The van der Waals surface area contributed by atoms with Gasteiger partial charge >= 0.3 is 0 Å². The number of fused-ring (bicyclic) bond motifs is 1. The van der Waals surface area contributed by atoms with E-state index in [0.29, 0.717) is 19.6 Å². The van der Waals surface area contributed by atoms with Gasteiger partial charge in [0.1, 0.15) is 5.65 Å². The zero-order valence-electron chi connectivity index (χ0n) is 13.3. The fraction of sp³-hybridized carbons (Fsp3) is 0.333. The third-order valence-corrected chi connectivity index (χ3v) is 5.26. The van der Waals surface area contributed by atoms with Gasteiger partial charge in [-0.2, -0.15) is 0 Å². The second kappa shape index (κ2) is 6.84. The molecular formula is C18H19N3O2S. The molecule has 0 bridgehead atoms. The molecule has 0 N–H and O–H groups in total. The summed E-state index contributed by atoms with van der Waals surface area (Å²) in [5.74, 6) is 0.195. The predicted octanol–water partition coefficient (Wildman–Crippen LogP) is 2.87. The maximum absolute atomic E-state index is 12.4. The standard InChI is InChI=1S/C18H19N3O2S/c22-16(17-4-3-9-24-17)10-15-13-23-8-7-20(15)11-14-12-21-6-2-1-5-18(21)19-14/h1-6,9,12,15H,7-8,10-11,13H2/t15-/m1/s1. The molecule has 4 rings (SSSR count). The fourth-order valence-electron chi connectivity index (χ4n) is 3.11. The van der Waals surface area contributed by atoms with E-state index in [2.05, 4.69) is 16.1 Å². The van der Waals surface area contributed by atoms with E-state index in [1.165, 1.54) is 11.3 Å². The second-order valence-corrected chi connectivity index (χ2v) is 6.95. The molecule has 1 fully saturated rings. The van der Waals surface area contributed by atoms with Crippen molar-refractivity contribution >= 4 is 22.8 Å². The Hall–Kier alpha value is -2.02. The van der Waals surface area contributed by atoms with Crippen LogP contribution >= 0.6 is 11.3 Å². The highest BCUT2D eigenvalue weighted by atomic mass is 32.1. The highest BCUT2D eigenvalue weighted by molar-refractivity contribution is 7.12. The lowest BCUT2D eigenvalue weighted by atomic mass is 10.1. The van der Waals surface area contributed by atoms with Crippen LogP contribution in [0.3, 0.4) is 0 Å². The van der Waals surface area contributed by atoms with E-state index in [1.807, 2.05) is 46.3 Å². The summed E-state index contributed by atoms with van der Waals surface area (Å²) in [6, 6.07) is 9.91. The molecule has 0 saturated carbocycles. The number of Topliss-reactive ketones (excluding diaryl/α,β-unsaturated/α-hetero) is 1. The Morgan fingerprint density at radius 1 is 1.33 bits per heavy atom. The Kier molecular flexibility index (Phi) is 4.42. The molecule has 3 aromatic heterocycles. The smallest absolute Gasteiger partial charge is 0.174 e. The monoisotopic (exact) mass is 341 g/mol. The summed E-state index contributed by atoms with van der Waals surface area (Å²) in [4.78, 5) is 20.2. The molecule has 3 aromatic rings. The number of nitrogens with zero attached hydrogens (tertiary/aromatic N) is 3. The van der Waals surface area contributed by atoms with E-state index >= 15 is 0 Å². The van der Waals surface area contributed by atoms with Gasteiger partial charge in [-0.15, -0.1) is 11.3 Å². The lowest BCUT2D eigenvalue weighted by Gasteiger charge is -2.34. The number of carbonyl (C=O) groups excluding carboxylic acids is 1. The van der Waals surface area contributed by atoms with Crippen molar-refractivity contribution in [1.82, 2.24) is 14.3 Å². The zero-order valence-corrected chi connectivity index (χ0v) is 14.1. The Labute approximate surface area is 144 Å². The van der Waals surface area contributed by atoms with Crippen LogP contribution in [-0.4, -0.2) is 45.9 Å². The highest BCUT2D eigenvalue weighted by Gasteiger charge is 2.26. The van der Waals surface area contributed by atoms with Crippen molar-refractivity contribution in [1.29, 1.82) is 0 Å². The van der Waals surface area contributed by atoms with Crippen LogP contribution in [0.15, 0.2) is 48.1 Å². The summed E-state index contributed by atoms with van der Waals surface area (Å²) in [6.45, 7) is 2.88. The van der Waals surface area contributed by atoms with E-state index in [0.717, 1.165) is 29.3 Å². The first-order valence-corrected chi connectivity index (χ1v) is 8.99. The SMILES string of the molecule is O=C(C[C@@H]1COCCN1Cc1cn2ccccc2n1)c1cccs1. The largest absolute Gasteiger partial charge is 0.378 e. The maximum atomic E-state index is 12.4. The molecule has 1 aliphatic heterocycles. The first kappa shape index (κ1) is 15.5. The molecule has 0 spiro atoms. The average molecular weight is 341 g/mol. The van der Waals surface area contributed by atoms with Gasteiger partial charge in [-0.3, -0.25) is 9.69 Å². The molecule has 24 heavy (non-hydrogen) atoms. The number of ketones is 1. The Morgan fingerprint density at radius 3 is 3.12 bits per heavy atom. The summed E-state index contributed by atoms with van der Waals surface area (Å²) in [5, 5.41) is 1.94. The number of carbonyl (C=O) groups is 1. The third kappa shape index (κ3) is 3.26. The number of thiophene rings is 1. The van der Waals surface area contributed by atoms with Gasteiger partial charge in [-0.25, -0.2) is 4.98 Å². The molecule has 1 saturated heterocycles. The van der Waals surface area contributed by atoms with Crippen LogP contribution < -0.4 is 0 Å². The number of ether oxygens (including phenoxy) is 1. The van der Waals surface area contributed by atoms with Crippen LogP contribution in [-0.2, 0) is 11.3 Å². The van der Waals surface area contributed by atoms with Crippen molar-refractivity contribution in [3.05, 3.63) is 58.7 Å². The van der Waals surface area contributed by atoms with Crippen LogP contribution in [0.4, 0.5) is 0 Å². The Balaban J connectivity index is 1.48. The van der Waals surface area contributed by atoms with Crippen molar-refractivity contribution in [2.75, 3.05) is 19.8 Å². The number of morpholine rings is 1. The molecule has 0 unspecified atom stereocenters. The zero-order chi connectivity index (χ0) is 16.4. The molecule has 0 aliphatic carbocycles. The molecule has 4 heterocycles. The molecule has 1 aliphatic rings. The number of pyridine rings is 1. The number of imidazole rings is 1. The minimum absolute atomic E-state index is 0.109. The van der Waals surface area contributed by atoms with Gasteiger partial charge in [-0.05, 0) is 23.6 Å². The summed E-state index contributed by atoms with van der Waals surface area (Å²) in [7, 11) is 0. The van der Waals surface area contributed by atoms with Gasteiger partial charge in [-0.1, -0.05) is 12.1 Å². The molecule has 1 atom stereocenters. The van der Waals surface area contributed by atoms with Gasteiger partial charge < -0.3 is 9.14 Å². The molecular weight excluding hydrogens is 322 g/mol. The summed E-state index contributed by atoms with van der Waals surface area (Å²) >= 11 is 1.50.